The molecule has 3 aliphatic heterocycles. The van der Waals surface area contributed by atoms with Crippen molar-refractivity contribution in [3.05, 3.63) is 23.8 Å². The molecule has 1 amide bonds. The lowest BCUT2D eigenvalue weighted by Gasteiger charge is -2.31. The molecule has 1 N–H and O–H groups in total. The van der Waals surface area contributed by atoms with Crippen molar-refractivity contribution in [2.45, 2.75) is 6.54 Å². The lowest BCUT2D eigenvalue weighted by Crippen LogP contribution is -2.43. The number of carbonyl (C=O) groups is 1. The third-order valence-electron chi connectivity index (χ3n) is 5.14. The Morgan fingerprint density at radius 1 is 1.26 bits per heavy atom. The Hall–Kier alpha value is -1.79. The molecule has 0 unspecified atom stereocenters. The summed E-state index contributed by atoms with van der Waals surface area (Å²) in [6, 6.07) is 6.11. The molecule has 2 saturated heterocycles. The average Bonchev–Trinajstić information content (AvgIpc) is 3.19. The zero-order chi connectivity index (χ0) is 15.8. The minimum Gasteiger partial charge on any atom is -0.454 e. The lowest BCUT2D eigenvalue weighted by molar-refractivity contribution is -0.133. The summed E-state index contributed by atoms with van der Waals surface area (Å²) in [6.07, 6.45) is 0. The smallest absolute Gasteiger partial charge is 0.231 e. The molecule has 3 aliphatic rings. The fourth-order valence-corrected chi connectivity index (χ4v) is 3.97. The van der Waals surface area contributed by atoms with E-state index in [9.17, 15) is 4.79 Å². The molecule has 2 fully saturated rings. The van der Waals surface area contributed by atoms with Crippen LogP contribution in [0.25, 0.3) is 0 Å². The largest absolute Gasteiger partial charge is 0.454 e. The highest BCUT2D eigenvalue weighted by atomic mass is 16.7. The molecule has 1 aromatic carbocycles. The molecular formula is C17H22N2O4. The summed E-state index contributed by atoms with van der Waals surface area (Å²) in [4.78, 5) is 14.5. The minimum absolute atomic E-state index is 0.0273. The van der Waals surface area contributed by atoms with E-state index in [-0.39, 0.29) is 11.8 Å². The molecule has 23 heavy (non-hydrogen) atoms. The van der Waals surface area contributed by atoms with E-state index in [1.165, 1.54) is 5.56 Å². The highest BCUT2D eigenvalue weighted by Crippen LogP contribution is 2.36. The van der Waals surface area contributed by atoms with Gasteiger partial charge in [-0.15, -0.1) is 0 Å². The van der Waals surface area contributed by atoms with Crippen LogP contribution in [0.15, 0.2) is 18.2 Å². The molecule has 0 aromatic heterocycles. The van der Waals surface area contributed by atoms with Crippen LogP contribution in [0.3, 0.4) is 0 Å². The Morgan fingerprint density at radius 2 is 2.13 bits per heavy atom. The molecule has 1 aromatic rings. The summed E-state index contributed by atoms with van der Waals surface area (Å²) in [5.74, 6) is 2.55. The second kappa shape index (κ2) is 6.02. The van der Waals surface area contributed by atoms with Crippen molar-refractivity contribution in [2.24, 2.45) is 17.8 Å². The number of likely N-dealkylation sites (tertiary alicyclic amines) is 1. The predicted molar refractivity (Wildman–Crippen MR) is 83.2 cm³/mol. The van der Waals surface area contributed by atoms with E-state index in [4.69, 9.17) is 14.2 Å². The van der Waals surface area contributed by atoms with Gasteiger partial charge < -0.3 is 19.5 Å². The van der Waals surface area contributed by atoms with E-state index < -0.39 is 0 Å². The molecule has 6 heteroatoms. The van der Waals surface area contributed by atoms with E-state index in [2.05, 4.69) is 22.3 Å². The molecular weight excluding hydrogens is 296 g/mol. The Bertz CT molecular complexity index is 606. The number of nitrogens with zero attached hydrogens (tertiary/aromatic N) is 1. The van der Waals surface area contributed by atoms with Crippen LogP contribution < -0.4 is 14.8 Å². The number of hydrogen-bond donors (Lipinski definition) is 1. The van der Waals surface area contributed by atoms with Crippen molar-refractivity contribution < 1.29 is 19.0 Å². The summed E-state index contributed by atoms with van der Waals surface area (Å²) in [6.45, 7) is 4.39. The fraction of sp³-hybridized carbons (Fsp3) is 0.588. The van der Waals surface area contributed by atoms with Crippen LogP contribution in [-0.2, 0) is 16.1 Å². The van der Waals surface area contributed by atoms with Crippen molar-refractivity contribution in [3.63, 3.8) is 0 Å². The normalized spacial score (nSPS) is 29.3. The Kier molecular flexibility index (Phi) is 3.87. The van der Waals surface area contributed by atoms with E-state index in [0.717, 1.165) is 37.7 Å². The third-order valence-corrected chi connectivity index (χ3v) is 5.14. The number of ether oxygens (including phenoxy) is 3. The van der Waals surface area contributed by atoms with Gasteiger partial charge in [0.15, 0.2) is 11.5 Å². The first-order valence-electron chi connectivity index (χ1n) is 8.15. The molecule has 0 bridgehead atoms. The fourth-order valence-electron chi connectivity index (χ4n) is 3.97. The van der Waals surface area contributed by atoms with E-state index in [1.807, 2.05) is 6.07 Å². The van der Waals surface area contributed by atoms with Crippen LogP contribution in [0.2, 0.25) is 0 Å². The number of carbonyl (C=O) groups excluding carboxylic acids is 1. The molecule has 0 aliphatic carbocycles. The Balaban J connectivity index is 1.44. The van der Waals surface area contributed by atoms with Gasteiger partial charge in [-0.3, -0.25) is 9.69 Å². The van der Waals surface area contributed by atoms with Gasteiger partial charge in [-0.1, -0.05) is 6.07 Å². The molecule has 0 spiro atoms. The highest BCUT2D eigenvalue weighted by Gasteiger charge is 2.43. The van der Waals surface area contributed by atoms with Crippen LogP contribution in [-0.4, -0.2) is 51.0 Å². The topological polar surface area (TPSA) is 60.0 Å². The van der Waals surface area contributed by atoms with Crippen LogP contribution >= 0.6 is 0 Å². The Morgan fingerprint density at radius 3 is 3.00 bits per heavy atom. The van der Waals surface area contributed by atoms with E-state index in [1.54, 1.807) is 7.05 Å². The first-order valence-corrected chi connectivity index (χ1v) is 8.15. The van der Waals surface area contributed by atoms with E-state index >= 15 is 0 Å². The number of nitrogens with one attached hydrogen (secondary N) is 1. The first-order chi connectivity index (χ1) is 11.2. The van der Waals surface area contributed by atoms with Crippen molar-refractivity contribution in [2.75, 3.05) is 40.1 Å². The number of rotatable bonds is 3. The van der Waals surface area contributed by atoms with Gasteiger partial charge in [0.25, 0.3) is 0 Å². The van der Waals surface area contributed by atoms with Crippen LogP contribution in [0.1, 0.15) is 5.56 Å². The molecule has 3 atom stereocenters. The number of amides is 1. The van der Waals surface area contributed by atoms with Crippen LogP contribution in [0.4, 0.5) is 0 Å². The maximum atomic E-state index is 12.1. The second-order valence-electron chi connectivity index (χ2n) is 6.56. The van der Waals surface area contributed by atoms with Gasteiger partial charge >= 0.3 is 0 Å². The average molecular weight is 318 g/mol. The Labute approximate surface area is 135 Å². The summed E-state index contributed by atoms with van der Waals surface area (Å²) >= 11 is 0. The van der Waals surface area contributed by atoms with Crippen molar-refractivity contribution in [3.8, 4) is 11.5 Å². The number of hydrogen-bond acceptors (Lipinski definition) is 5. The summed E-state index contributed by atoms with van der Waals surface area (Å²) in [7, 11) is 1.70. The maximum Gasteiger partial charge on any atom is 0.231 e. The van der Waals surface area contributed by atoms with Crippen LogP contribution in [0.5, 0.6) is 11.5 Å². The van der Waals surface area contributed by atoms with Gasteiger partial charge in [0.05, 0.1) is 19.1 Å². The van der Waals surface area contributed by atoms with Crippen molar-refractivity contribution in [1.29, 1.82) is 0 Å². The minimum atomic E-state index is -0.0273. The summed E-state index contributed by atoms with van der Waals surface area (Å²) in [5, 5.41) is 2.77. The SMILES string of the molecule is CNC(=O)[C@@H]1COC[C@H]2CN(Cc3ccc4c(c3)OCO4)C[C@H]21. The molecule has 0 radical (unpaired) electrons. The van der Waals surface area contributed by atoms with Gasteiger partial charge in [-0.05, 0) is 29.5 Å². The molecule has 6 nitrogen and oxygen atoms in total. The van der Waals surface area contributed by atoms with Gasteiger partial charge in [0.1, 0.15) is 0 Å². The van der Waals surface area contributed by atoms with Gasteiger partial charge in [0, 0.05) is 26.7 Å². The molecule has 3 heterocycles. The summed E-state index contributed by atoms with van der Waals surface area (Å²) in [5.41, 5.74) is 1.21. The quantitative estimate of drug-likeness (QED) is 0.895. The summed E-state index contributed by atoms with van der Waals surface area (Å²) < 4.78 is 16.5. The number of benzene rings is 1. The second-order valence-corrected chi connectivity index (χ2v) is 6.56. The zero-order valence-electron chi connectivity index (χ0n) is 13.3. The zero-order valence-corrected chi connectivity index (χ0v) is 13.3. The third kappa shape index (κ3) is 2.77. The number of fused-ring (bicyclic) bond motifs is 2. The first kappa shape index (κ1) is 14.8. The predicted octanol–water partition coefficient (Wildman–Crippen LogP) is 0.856. The molecule has 0 saturated carbocycles. The molecule has 4 rings (SSSR count). The van der Waals surface area contributed by atoms with E-state index in [0.29, 0.717) is 25.2 Å². The monoisotopic (exact) mass is 318 g/mol. The standard InChI is InChI=1S/C17H22N2O4/c1-18-17(20)14-9-21-8-12-6-19(7-13(12)14)5-11-2-3-15-16(4-11)23-10-22-15/h2-4,12-14H,5-10H2,1H3,(H,18,20)/t12-,13-,14-/m1/s1. The molecule has 124 valence electrons. The van der Waals surface area contributed by atoms with Crippen molar-refractivity contribution >= 4 is 5.91 Å². The lowest BCUT2D eigenvalue weighted by atomic mass is 9.82. The van der Waals surface area contributed by atoms with Gasteiger partial charge in [-0.2, -0.15) is 0 Å². The maximum absolute atomic E-state index is 12.1. The highest BCUT2D eigenvalue weighted by molar-refractivity contribution is 5.79. The van der Waals surface area contributed by atoms with Gasteiger partial charge in [0.2, 0.25) is 12.7 Å². The van der Waals surface area contributed by atoms with Gasteiger partial charge in [-0.25, -0.2) is 0 Å². The van der Waals surface area contributed by atoms with Crippen molar-refractivity contribution in [1.82, 2.24) is 10.2 Å². The van der Waals surface area contributed by atoms with Crippen LogP contribution in [0, 0.1) is 17.8 Å².